The number of alkyl halides is 1. The number of halogens is 3. The molecule has 0 radical (unpaired) electrons. The highest BCUT2D eigenvalue weighted by Crippen LogP contribution is 2.19. The van der Waals surface area contributed by atoms with Crippen LogP contribution in [0.4, 0.5) is 8.78 Å². The van der Waals surface area contributed by atoms with Crippen LogP contribution in [-0.4, -0.2) is 28.7 Å². The lowest BCUT2D eigenvalue weighted by Gasteiger charge is -2.29. The standard InChI is InChI=1S/C12H12BrF2NO/c13-9-3-5-16(6-4-9)12(17)8-1-2-10(14)11(15)7-8/h1-2,7,9H,3-6H2. The number of amides is 1. The second-order valence-corrected chi connectivity index (χ2v) is 5.39. The summed E-state index contributed by atoms with van der Waals surface area (Å²) in [6, 6.07) is 3.26. The van der Waals surface area contributed by atoms with Gasteiger partial charge in [0.15, 0.2) is 11.6 Å². The Morgan fingerprint density at radius 2 is 1.88 bits per heavy atom. The summed E-state index contributed by atoms with van der Waals surface area (Å²) in [6.07, 6.45) is 1.77. The molecule has 17 heavy (non-hydrogen) atoms. The second kappa shape index (κ2) is 5.12. The fraction of sp³-hybridized carbons (Fsp3) is 0.417. The molecule has 0 atom stereocenters. The smallest absolute Gasteiger partial charge is 0.253 e. The molecule has 1 aliphatic heterocycles. The van der Waals surface area contributed by atoms with Crippen molar-refractivity contribution in [3.05, 3.63) is 35.4 Å². The summed E-state index contributed by atoms with van der Waals surface area (Å²) in [4.78, 5) is 14.1. The van der Waals surface area contributed by atoms with Crippen LogP contribution in [0.25, 0.3) is 0 Å². The Balaban J connectivity index is 2.11. The van der Waals surface area contributed by atoms with Gasteiger partial charge in [0, 0.05) is 23.5 Å². The van der Waals surface area contributed by atoms with E-state index in [4.69, 9.17) is 0 Å². The third-order valence-electron chi connectivity index (χ3n) is 2.88. The number of benzene rings is 1. The molecule has 1 heterocycles. The number of carbonyl (C=O) groups excluding carboxylic acids is 1. The van der Waals surface area contributed by atoms with Gasteiger partial charge in [-0.3, -0.25) is 4.79 Å². The van der Waals surface area contributed by atoms with Crippen molar-refractivity contribution in [3.63, 3.8) is 0 Å². The zero-order valence-electron chi connectivity index (χ0n) is 9.13. The maximum Gasteiger partial charge on any atom is 0.253 e. The maximum absolute atomic E-state index is 13.0. The van der Waals surface area contributed by atoms with Crippen LogP contribution in [-0.2, 0) is 0 Å². The van der Waals surface area contributed by atoms with Gasteiger partial charge in [0.25, 0.3) is 5.91 Å². The van der Waals surface area contributed by atoms with E-state index in [2.05, 4.69) is 15.9 Å². The first kappa shape index (κ1) is 12.5. The molecule has 2 nitrogen and oxygen atoms in total. The van der Waals surface area contributed by atoms with Crippen molar-refractivity contribution in [1.82, 2.24) is 4.90 Å². The predicted octanol–water partition coefficient (Wildman–Crippen LogP) is 2.96. The van der Waals surface area contributed by atoms with Crippen LogP contribution in [0.15, 0.2) is 18.2 Å². The lowest BCUT2D eigenvalue weighted by molar-refractivity contribution is 0.0728. The van der Waals surface area contributed by atoms with E-state index < -0.39 is 11.6 Å². The molecule has 1 aliphatic rings. The molecule has 2 rings (SSSR count). The minimum atomic E-state index is -0.980. The van der Waals surface area contributed by atoms with Crippen LogP contribution in [0.1, 0.15) is 23.2 Å². The summed E-state index contributed by atoms with van der Waals surface area (Å²) < 4.78 is 25.8. The second-order valence-electron chi connectivity index (χ2n) is 4.10. The van der Waals surface area contributed by atoms with E-state index in [1.807, 2.05) is 0 Å². The number of hydrogen-bond acceptors (Lipinski definition) is 1. The van der Waals surface area contributed by atoms with Crippen LogP contribution in [0.2, 0.25) is 0 Å². The Kier molecular flexibility index (Phi) is 3.76. The lowest BCUT2D eigenvalue weighted by atomic mass is 10.1. The lowest BCUT2D eigenvalue weighted by Crippen LogP contribution is -2.38. The van der Waals surface area contributed by atoms with Crippen LogP contribution in [0, 0.1) is 11.6 Å². The Labute approximate surface area is 107 Å². The third-order valence-corrected chi connectivity index (χ3v) is 3.79. The van der Waals surface area contributed by atoms with E-state index in [1.54, 1.807) is 4.90 Å². The summed E-state index contributed by atoms with van der Waals surface area (Å²) >= 11 is 3.49. The van der Waals surface area contributed by atoms with Gasteiger partial charge in [0.05, 0.1) is 0 Å². The predicted molar refractivity (Wildman–Crippen MR) is 64.2 cm³/mol. The van der Waals surface area contributed by atoms with Gasteiger partial charge in [-0.1, -0.05) is 15.9 Å². The fourth-order valence-corrected chi connectivity index (χ4v) is 2.27. The van der Waals surface area contributed by atoms with E-state index in [0.717, 1.165) is 25.0 Å². The number of hydrogen-bond donors (Lipinski definition) is 0. The molecular formula is C12H12BrF2NO. The van der Waals surface area contributed by atoms with E-state index >= 15 is 0 Å². The summed E-state index contributed by atoms with van der Waals surface area (Å²) in [5.41, 5.74) is 0.205. The van der Waals surface area contributed by atoms with Crippen molar-refractivity contribution >= 4 is 21.8 Å². The fourth-order valence-electron chi connectivity index (χ4n) is 1.86. The average Bonchev–Trinajstić information content (AvgIpc) is 2.33. The molecular weight excluding hydrogens is 292 g/mol. The maximum atomic E-state index is 13.0. The summed E-state index contributed by atoms with van der Waals surface area (Å²) in [7, 11) is 0. The number of nitrogens with zero attached hydrogens (tertiary/aromatic N) is 1. The minimum absolute atomic E-state index is 0.205. The molecule has 5 heteroatoms. The molecule has 0 saturated carbocycles. The van der Waals surface area contributed by atoms with Crippen LogP contribution < -0.4 is 0 Å². The first-order valence-corrected chi connectivity index (χ1v) is 6.38. The molecule has 0 aromatic heterocycles. The first-order chi connectivity index (χ1) is 8.08. The van der Waals surface area contributed by atoms with E-state index in [-0.39, 0.29) is 11.5 Å². The Morgan fingerprint density at radius 1 is 1.24 bits per heavy atom. The van der Waals surface area contributed by atoms with Gasteiger partial charge in [-0.05, 0) is 31.0 Å². The highest BCUT2D eigenvalue weighted by atomic mass is 79.9. The van der Waals surface area contributed by atoms with Gasteiger partial charge >= 0.3 is 0 Å². The van der Waals surface area contributed by atoms with Gasteiger partial charge in [0.2, 0.25) is 0 Å². The number of carbonyl (C=O) groups is 1. The molecule has 1 aromatic rings. The molecule has 0 unspecified atom stereocenters. The van der Waals surface area contributed by atoms with Crippen molar-refractivity contribution < 1.29 is 13.6 Å². The number of rotatable bonds is 1. The monoisotopic (exact) mass is 303 g/mol. The molecule has 92 valence electrons. The van der Waals surface area contributed by atoms with Gasteiger partial charge in [-0.15, -0.1) is 0 Å². The minimum Gasteiger partial charge on any atom is -0.339 e. The summed E-state index contributed by atoms with van der Waals surface area (Å²) in [5.74, 6) is -2.14. The summed E-state index contributed by atoms with van der Waals surface area (Å²) in [6.45, 7) is 1.29. The number of piperidine rings is 1. The Bertz CT molecular complexity index is 431. The zero-order valence-corrected chi connectivity index (χ0v) is 10.7. The molecule has 0 bridgehead atoms. The average molecular weight is 304 g/mol. The van der Waals surface area contributed by atoms with Gasteiger partial charge in [-0.2, -0.15) is 0 Å². The van der Waals surface area contributed by atoms with E-state index in [0.29, 0.717) is 17.9 Å². The Hall–Kier alpha value is -0.970. The molecule has 0 spiro atoms. The van der Waals surface area contributed by atoms with Gasteiger partial charge in [-0.25, -0.2) is 8.78 Å². The normalized spacial score (nSPS) is 17.2. The van der Waals surface area contributed by atoms with Gasteiger partial charge < -0.3 is 4.90 Å². The highest BCUT2D eigenvalue weighted by molar-refractivity contribution is 9.09. The largest absolute Gasteiger partial charge is 0.339 e. The molecule has 1 fully saturated rings. The molecule has 0 aliphatic carbocycles. The molecule has 0 N–H and O–H groups in total. The van der Waals surface area contributed by atoms with E-state index in [1.165, 1.54) is 6.07 Å². The van der Waals surface area contributed by atoms with Crippen molar-refractivity contribution in [3.8, 4) is 0 Å². The van der Waals surface area contributed by atoms with Crippen LogP contribution in [0.3, 0.4) is 0 Å². The third kappa shape index (κ3) is 2.83. The molecule has 1 saturated heterocycles. The SMILES string of the molecule is O=C(c1ccc(F)c(F)c1)N1CCC(Br)CC1. The number of likely N-dealkylation sites (tertiary alicyclic amines) is 1. The van der Waals surface area contributed by atoms with Gasteiger partial charge in [0.1, 0.15) is 0 Å². The molecule has 1 aromatic carbocycles. The topological polar surface area (TPSA) is 20.3 Å². The molecule has 1 amide bonds. The Morgan fingerprint density at radius 3 is 2.47 bits per heavy atom. The van der Waals surface area contributed by atoms with Crippen LogP contribution in [0.5, 0.6) is 0 Å². The van der Waals surface area contributed by atoms with E-state index in [9.17, 15) is 13.6 Å². The van der Waals surface area contributed by atoms with Crippen molar-refractivity contribution in [2.24, 2.45) is 0 Å². The van der Waals surface area contributed by atoms with Crippen molar-refractivity contribution in [1.29, 1.82) is 0 Å². The van der Waals surface area contributed by atoms with Crippen molar-refractivity contribution in [2.75, 3.05) is 13.1 Å². The summed E-state index contributed by atoms with van der Waals surface area (Å²) in [5, 5.41) is 0. The first-order valence-electron chi connectivity index (χ1n) is 5.46. The quantitative estimate of drug-likeness (QED) is 0.731. The zero-order chi connectivity index (χ0) is 12.4. The highest BCUT2D eigenvalue weighted by Gasteiger charge is 2.22. The van der Waals surface area contributed by atoms with Crippen LogP contribution >= 0.6 is 15.9 Å². The van der Waals surface area contributed by atoms with Crippen molar-refractivity contribution in [2.45, 2.75) is 17.7 Å².